The van der Waals surface area contributed by atoms with E-state index in [-0.39, 0.29) is 12.5 Å². The molecular weight excluding hydrogens is 240 g/mol. The molecular formula is C15H30N2O2. The monoisotopic (exact) mass is 270 g/mol. The Kier molecular flexibility index (Phi) is 8.07. The summed E-state index contributed by atoms with van der Waals surface area (Å²) in [5.74, 6) is 0.258. The number of hydrogen-bond acceptors (Lipinski definition) is 3. The van der Waals surface area contributed by atoms with E-state index in [9.17, 15) is 4.79 Å². The Balaban J connectivity index is 2.51. The number of piperidine rings is 1. The summed E-state index contributed by atoms with van der Waals surface area (Å²) in [4.78, 5) is 16.6. The second-order valence-corrected chi connectivity index (χ2v) is 5.51. The van der Waals surface area contributed by atoms with Crippen LogP contribution in [0.1, 0.15) is 52.4 Å². The molecule has 0 aromatic carbocycles. The van der Waals surface area contributed by atoms with Crippen LogP contribution in [0.2, 0.25) is 0 Å². The number of nitrogens with zero attached hydrogens (tertiary/aromatic N) is 2. The zero-order valence-electron chi connectivity index (χ0n) is 12.6. The molecule has 1 atom stereocenters. The number of likely N-dealkylation sites (tertiary alicyclic amines) is 1. The predicted molar refractivity (Wildman–Crippen MR) is 78.1 cm³/mol. The van der Waals surface area contributed by atoms with Crippen LogP contribution in [0.5, 0.6) is 0 Å². The standard InChI is InChI=1S/C15H30N2O2/c1-3-9-16(10-4-2)15(19)13-17-11-6-5-7-14(17)8-12-18/h14,18H,3-13H2,1-2H3. The lowest BCUT2D eigenvalue weighted by Gasteiger charge is -2.36. The van der Waals surface area contributed by atoms with Crippen LogP contribution in [-0.2, 0) is 4.79 Å². The van der Waals surface area contributed by atoms with Crippen molar-refractivity contribution in [2.24, 2.45) is 0 Å². The molecule has 19 heavy (non-hydrogen) atoms. The average Bonchev–Trinajstić information content (AvgIpc) is 2.41. The van der Waals surface area contributed by atoms with Crippen molar-refractivity contribution in [3.63, 3.8) is 0 Å². The molecule has 1 aliphatic rings. The fraction of sp³-hybridized carbons (Fsp3) is 0.933. The summed E-state index contributed by atoms with van der Waals surface area (Å²) in [6.45, 7) is 7.73. The van der Waals surface area contributed by atoms with Gasteiger partial charge in [0.25, 0.3) is 0 Å². The highest BCUT2D eigenvalue weighted by Crippen LogP contribution is 2.19. The lowest BCUT2D eigenvalue weighted by Crippen LogP contribution is -2.47. The maximum atomic E-state index is 12.4. The summed E-state index contributed by atoms with van der Waals surface area (Å²) < 4.78 is 0. The minimum Gasteiger partial charge on any atom is -0.396 e. The Morgan fingerprint density at radius 3 is 2.53 bits per heavy atom. The summed E-state index contributed by atoms with van der Waals surface area (Å²) in [6, 6.07) is 0.396. The van der Waals surface area contributed by atoms with Crippen LogP contribution in [0, 0.1) is 0 Å². The van der Waals surface area contributed by atoms with Gasteiger partial charge in [0.05, 0.1) is 6.54 Å². The lowest BCUT2D eigenvalue weighted by atomic mass is 9.99. The molecule has 0 spiro atoms. The van der Waals surface area contributed by atoms with Crippen molar-refractivity contribution in [2.75, 3.05) is 32.8 Å². The molecule has 1 heterocycles. The Hall–Kier alpha value is -0.610. The molecule has 1 amide bonds. The van der Waals surface area contributed by atoms with Gasteiger partial charge in [0.1, 0.15) is 0 Å². The maximum absolute atomic E-state index is 12.4. The minimum atomic E-state index is 0.225. The predicted octanol–water partition coefficient (Wildman–Crippen LogP) is 1.87. The number of carbonyl (C=O) groups is 1. The number of aliphatic hydroxyl groups excluding tert-OH is 1. The summed E-state index contributed by atoms with van der Waals surface area (Å²) in [7, 11) is 0. The van der Waals surface area contributed by atoms with Gasteiger partial charge in [0.15, 0.2) is 0 Å². The van der Waals surface area contributed by atoms with Gasteiger partial charge in [-0.1, -0.05) is 20.3 Å². The van der Waals surface area contributed by atoms with Crippen LogP contribution in [0.15, 0.2) is 0 Å². The highest BCUT2D eigenvalue weighted by Gasteiger charge is 2.25. The van der Waals surface area contributed by atoms with Gasteiger partial charge in [0.2, 0.25) is 5.91 Å². The number of hydrogen-bond donors (Lipinski definition) is 1. The molecule has 0 aliphatic carbocycles. The van der Waals surface area contributed by atoms with Crippen LogP contribution in [0.25, 0.3) is 0 Å². The quantitative estimate of drug-likeness (QED) is 0.732. The van der Waals surface area contributed by atoms with Crippen LogP contribution in [0.3, 0.4) is 0 Å². The first kappa shape index (κ1) is 16.4. The highest BCUT2D eigenvalue weighted by atomic mass is 16.3. The van der Waals surface area contributed by atoms with E-state index in [2.05, 4.69) is 18.7 Å². The molecule has 1 rings (SSSR count). The molecule has 1 N–H and O–H groups in total. The van der Waals surface area contributed by atoms with Gasteiger partial charge in [-0.3, -0.25) is 9.69 Å². The zero-order valence-corrected chi connectivity index (χ0v) is 12.6. The first-order valence-corrected chi connectivity index (χ1v) is 7.85. The first-order valence-electron chi connectivity index (χ1n) is 7.85. The largest absolute Gasteiger partial charge is 0.396 e. The summed E-state index contributed by atoms with van der Waals surface area (Å²) in [6.07, 6.45) is 6.36. The van der Waals surface area contributed by atoms with Gasteiger partial charge in [-0.2, -0.15) is 0 Å². The number of carbonyl (C=O) groups excluding carboxylic acids is 1. The van der Waals surface area contributed by atoms with Crippen LogP contribution >= 0.6 is 0 Å². The van der Waals surface area contributed by atoms with Gasteiger partial charge in [0, 0.05) is 25.7 Å². The fourth-order valence-electron chi connectivity index (χ4n) is 2.92. The molecule has 0 bridgehead atoms. The fourth-order valence-corrected chi connectivity index (χ4v) is 2.92. The first-order chi connectivity index (χ1) is 9.22. The van der Waals surface area contributed by atoms with Gasteiger partial charge in [-0.05, 0) is 38.6 Å². The number of amides is 1. The number of aliphatic hydroxyl groups is 1. The van der Waals surface area contributed by atoms with Gasteiger partial charge in [-0.15, -0.1) is 0 Å². The Bertz CT molecular complexity index is 251. The topological polar surface area (TPSA) is 43.8 Å². The van der Waals surface area contributed by atoms with Crippen LogP contribution in [-0.4, -0.2) is 59.6 Å². The second kappa shape index (κ2) is 9.32. The summed E-state index contributed by atoms with van der Waals surface area (Å²) in [5, 5.41) is 9.13. The van der Waals surface area contributed by atoms with Crippen molar-refractivity contribution in [2.45, 2.75) is 58.4 Å². The van der Waals surface area contributed by atoms with Crippen molar-refractivity contribution >= 4 is 5.91 Å². The Morgan fingerprint density at radius 1 is 1.26 bits per heavy atom. The van der Waals surface area contributed by atoms with Crippen molar-refractivity contribution < 1.29 is 9.90 Å². The molecule has 0 radical (unpaired) electrons. The molecule has 0 saturated carbocycles. The molecule has 4 heteroatoms. The Labute approximate surface area is 117 Å². The summed E-state index contributed by atoms with van der Waals surface area (Å²) >= 11 is 0. The third-order valence-electron chi connectivity index (χ3n) is 3.89. The third-order valence-corrected chi connectivity index (χ3v) is 3.89. The van der Waals surface area contributed by atoms with E-state index >= 15 is 0 Å². The average molecular weight is 270 g/mol. The van der Waals surface area contributed by atoms with E-state index in [1.807, 2.05) is 4.90 Å². The lowest BCUT2D eigenvalue weighted by molar-refractivity contribution is -0.133. The second-order valence-electron chi connectivity index (χ2n) is 5.51. The molecule has 112 valence electrons. The number of rotatable bonds is 8. The molecule has 1 saturated heterocycles. The summed E-state index contributed by atoms with van der Waals surface area (Å²) in [5.41, 5.74) is 0. The minimum absolute atomic E-state index is 0.225. The van der Waals surface area contributed by atoms with E-state index in [1.165, 1.54) is 12.8 Å². The molecule has 1 aliphatic heterocycles. The van der Waals surface area contributed by atoms with Crippen LogP contribution in [0.4, 0.5) is 0 Å². The van der Waals surface area contributed by atoms with E-state index in [4.69, 9.17) is 5.11 Å². The Morgan fingerprint density at radius 2 is 1.95 bits per heavy atom. The van der Waals surface area contributed by atoms with E-state index < -0.39 is 0 Å². The maximum Gasteiger partial charge on any atom is 0.236 e. The van der Waals surface area contributed by atoms with Crippen molar-refractivity contribution in [1.29, 1.82) is 0 Å². The normalized spacial score (nSPS) is 20.5. The van der Waals surface area contributed by atoms with Crippen molar-refractivity contribution in [3.05, 3.63) is 0 Å². The van der Waals surface area contributed by atoms with Crippen molar-refractivity contribution in [3.8, 4) is 0 Å². The molecule has 0 aromatic rings. The molecule has 1 fully saturated rings. The molecule has 0 aromatic heterocycles. The van der Waals surface area contributed by atoms with Crippen LogP contribution < -0.4 is 0 Å². The van der Waals surface area contributed by atoms with Crippen molar-refractivity contribution in [1.82, 2.24) is 9.80 Å². The molecule has 4 nitrogen and oxygen atoms in total. The molecule has 1 unspecified atom stereocenters. The van der Waals surface area contributed by atoms with Gasteiger partial charge >= 0.3 is 0 Å². The smallest absolute Gasteiger partial charge is 0.236 e. The third kappa shape index (κ3) is 5.49. The van der Waals surface area contributed by atoms with E-state index in [1.54, 1.807) is 0 Å². The van der Waals surface area contributed by atoms with Gasteiger partial charge < -0.3 is 10.0 Å². The zero-order chi connectivity index (χ0) is 14.1. The SMILES string of the molecule is CCCN(CCC)C(=O)CN1CCCCC1CCO. The highest BCUT2D eigenvalue weighted by molar-refractivity contribution is 5.78. The van der Waals surface area contributed by atoms with Gasteiger partial charge in [-0.25, -0.2) is 0 Å². The van der Waals surface area contributed by atoms with E-state index in [0.717, 1.165) is 45.3 Å². The van der Waals surface area contributed by atoms with E-state index in [0.29, 0.717) is 12.6 Å².